The summed E-state index contributed by atoms with van der Waals surface area (Å²) in [5.41, 5.74) is 5.82. The fourth-order valence-electron chi connectivity index (χ4n) is 2.17. The Bertz CT molecular complexity index is 657. The number of aryl methyl sites for hydroxylation is 2. The highest BCUT2D eigenvalue weighted by Gasteiger charge is 2.02. The predicted octanol–water partition coefficient (Wildman–Crippen LogP) is 6.17. The molecule has 0 radical (unpaired) electrons. The average Bonchev–Trinajstić information content (AvgIpc) is 2.51. The summed E-state index contributed by atoms with van der Waals surface area (Å²) in [6.07, 6.45) is 2.04. The van der Waals surface area contributed by atoms with E-state index >= 15 is 0 Å². The van der Waals surface area contributed by atoms with E-state index in [9.17, 15) is 0 Å². The van der Waals surface area contributed by atoms with Crippen molar-refractivity contribution in [2.45, 2.75) is 27.7 Å². The number of allylic oxidation sites excluding steroid dienone is 2. The number of halogens is 1. The molecule has 0 spiro atoms. The minimum Gasteiger partial charge on any atom is -0.386 e. The van der Waals surface area contributed by atoms with E-state index in [2.05, 4.69) is 51.7 Å². The molecule has 0 bridgehead atoms. The van der Waals surface area contributed by atoms with Crippen LogP contribution in [0.15, 0.2) is 66.9 Å². The number of hydrogen-bond acceptors (Lipinski definition) is 1. The van der Waals surface area contributed by atoms with E-state index in [1.54, 1.807) is 0 Å². The summed E-state index contributed by atoms with van der Waals surface area (Å²) in [7, 11) is 0. The van der Waals surface area contributed by atoms with Gasteiger partial charge in [0.25, 0.3) is 0 Å². The summed E-state index contributed by atoms with van der Waals surface area (Å²) < 4.78 is 0. The minimum absolute atomic E-state index is 0.766. The van der Waals surface area contributed by atoms with Crippen molar-refractivity contribution in [2.24, 2.45) is 0 Å². The molecule has 1 N–H and O–H groups in total. The smallest absolute Gasteiger partial charge is 0.0412 e. The lowest BCUT2D eigenvalue weighted by Gasteiger charge is -2.08. The van der Waals surface area contributed by atoms with Gasteiger partial charge in [0.05, 0.1) is 0 Å². The summed E-state index contributed by atoms with van der Waals surface area (Å²) in [4.78, 5) is 0. The summed E-state index contributed by atoms with van der Waals surface area (Å²) in [6, 6.07) is 16.2. The Kier molecular flexibility index (Phi) is 8.21. The van der Waals surface area contributed by atoms with Crippen LogP contribution in [0.4, 0.5) is 0 Å². The van der Waals surface area contributed by atoms with Crippen LogP contribution in [0.1, 0.15) is 30.5 Å². The normalized spacial score (nSPS) is 10.6. The molecule has 0 amide bonds. The highest BCUT2D eigenvalue weighted by Crippen LogP contribution is 2.23. The van der Waals surface area contributed by atoms with Crippen LogP contribution < -0.4 is 5.32 Å². The maximum Gasteiger partial charge on any atom is 0.0412 e. The number of nitrogens with one attached hydrogen (secondary N) is 1. The van der Waals surface area contributed by atoms with Gasteiger partial charge in [0, 0.05) is 17.3 Å². The first-order valence-corrected chi connectivity index (χ1v) is 8.21. The molecule has 0 aliphatic rings. The molecule has 2 aromatic carbocycles. The van der Waals surface area contributed by atoms with Crippen molar-refractivity contribution in [2.75, 3.05) is 6.54 Å². The average molecular weight is 328 g/mol. The highest BCUT2D eigenvalue weighted by atomic mass is 35.5. The number of rotatable bonds is 4. The molecule has 2 aromatic rings. The first-order valence-electron chi connectivity index (χ1n) is 7.83. The fraction of sp³-hybridized carbons (Fsp3) is 0.238. The Hall–Kier alpha value is -1.99. The quantitative estimate of drug-likeness (QED) is 0.662. The second kappa shape index (κ2) is 9.91. The molecule has 0 aromatic heterocycles. The summed E-state index contributed by atoms with van der Waals surface area (Å²) >= 11 is 5.99. The van der Waals surface area contributed by atoms with Gasteiger partial charge < -0.3 is 5.32 Å². The van der Waals surface area contributed by atoms with Crippen molar-refractivity contribution in [3.8, 4) is 0 Å². The standard InChI is InChI=1S/C14H18ClN.C7H8/c1-5-16-12(4)8-11(3)14-9-13(15)7-6-10(14)2;1-7-5-3-2-4-6-7/h6-9,16H,4-5H2,1-3H3;2-6H,1H3/b11-8+;. The first-order chi connectivity index (χ1) is 10.9. The second-order valence-corrected chi connectivity index (χ2v) is 5.93. The van der Waals surface area contributed by atoms with Crippen LogP contribution >= 0.6 is 11.6 Å². The molecular weight excluding hydrogens is 302 g/mol. The first kappa shape index (κ1) is 19.1. The SMILES string of the molecule is C=C(/C=C(\C)c1cc(Cl)ccc1C)NCC.Cc1ccccc1. The molecule has 122 valence electrons. The predicted molar refractivity (Wildman–Crippen MR) is 104 cm³/mol. The molecule has 23 heavy (non-hydrogen) atoms. The van der Waals surface area contributed by atoms with E-state index in [1.165, 1.54) is 22.3 Å². The lowest BCUT2D eigenvalue weighted by molar-refractivity contribution is 0.883. The van der Waals surface area contributed by atoms with Crippen LogP contribution in [0, 0.1) is 13.8 Å². The van der Waals surface area contributed by atoms with Crippen LogP contribution in [-0.2, 0) is 0 Å². The lowest BCUT2D eigenvalue weighted by atomic mass is 10.0. The highest BCUT2D eigenvalue weighted by molar-refractivity contribution is 6.30. The largest absolute Gasteiger partial charge is 0.386 e. The van der Waals surface area contributed by atoms with Gasteiger partial charge in [-0.25, -0.2) is 0 Å². The third kappa shape index (κ3) is 7.21. The molecular formula is C21H26ClN. The topological polar surface area (TPSA) is 12.0 Å². The molecule has 0 heterocycles. The molecule has 1 nitrogen and oxygen atoms in total. The van der Waals surface area contributed by atoms with Gasteiger partial charge in [-0.05, 0) is 62.6 Å². The van der Waals surface area contributed by atoms with Crippen LogP contribution in [0.3, 0.4) is 0 Å². The zero-order valence-corrected chi connectivity index (χ0v) is 15.2. The van der Waals surface area contributed by atoms with Gasteiger partial charge in [-0.2, -0.15) is 0 Å². The van der Waals surface area contributed by atoms with Gasteiger partial charge in [0.2, 0.25) is 0 Å². The van der Waals surface area contributed by atoms with Gasteiger partial charge in [-0.3, -0.25) is 0 Å². The minimum atomic E-state index is 0.766. The lowest BCUT2D eigenvalue weighted by Crippen LogP contribution is -2.09. The van der Waals surface area contributed by atoms with Gasteiger partial charge in [0.1, 0.15) is 0 Å². The Morgan fingerprint density at radius 3 is 2.30 bits per heavy atom. The molecule has 0 atom stereocenters. The van der Waals surface area contributed by atoms with Crippen LogP contribution in [0.5, 0.6) is 0 Å². The molecule has 2 rings (SSSR count). The van der Waals surface area contributed by atoms with Crippen LogP contribution in [0.25, 0.3) is 5.57 Å². The van der Waals surface area contributed by atoms with Gasteiger partial charge in [-0.15, -0.1) is 0 Å². The van der Waals surface area contributed by atoms with Crippen LogP contribution in [0.2, 0.25) is 5.02 Å². The monoisotopic (exact) mass is 327 g/mol. The van der Waals surface area contributed by atoms with Crippen molar-refractivity contribution >= 4 is 17.2 Å². The van der Waals surface area contributed by atoms with Crippen LogP contribution in [-0.4, -0.2) is 6.54 Å². The Morgan fingerprint density at radius 1 is 1.13 bits per heavy atom. The zero-order chi connectivity index (χ0) is 17.2. The van der Waals surface area contributed by atoms with Crippen molar-refractivity contribution in [3.63, 3.8) is 0 Å². The van der Waals surface area contributed by atoms with E-state index < -0.39 is 0 Å². The van der Waals surface area contributed by atoms with Gasteiger partial charge in [-0.1, -0.05) is 60.1 Å². The van der Waals surface area contributed by atoms with E-state index in [1.807, 2.05) is 42.5 Å². The van der Waals surface area contributed by atoms with E-state index in [-0.39, 0.29) is 0 Å². The Labute approximate surface area is 145 Å². The van der Waals surface area contributed by atoms with Crippen molar-refractivity contribution in [1.82, 2.24) is 5.32 Å². The third-order valence-electron chi connectivity index (χ3n) is 3.36. The molecule has 0 aliphatic carbocycles. The van der Waals surface area contributed by atoms with E-state index in [4.69, 9.17) is 11.6 Å². The Morgan fingerprint density at radius 2 is 1.78 bits per heavy atom. The van der Waals surface area contributed by atoms with Gasteiger partial charge >= 0.3 is 0 Å². The maximum atomic E-state index is 5.99. The maximum absolute atomic E-state index is 5.99. The van der Waals surface area contributed by atoms with Crippen molar-refractivity contribution in [3.05, 3.63) is 88.6 Å². The number of hydrogen-bond donors (Lipinski definition) is 1. The number of benzene rings is 2. The van der Waals surface area contributed by atoms with Crippen molar-refractivity contribution < 1.29 is 0 Å². The third-order valence-corrected chi connectivity index (χ3v) is 3.59. The fourth-order valence-corrected chi connectivity index (χ4v) is 2.34. The number of likely N-dealkylation sites (N-methyl/N-ethyl adjacent to an activating group) is 1. The van der Waals surface area contributed by atoms with E-state index in [0.29, 0.717) is 0 Å². The molecule has 0 saturated carbocycles. The van der Waals surface area contributed by atoms with Gasteiger partial charge in [0.15, 0.2) is 0 Å². The second-order valence-electron chi connectivity index (χ2n) is 5.50. The van der Waals surface area contributed by atoms with Crippen molar-refractivity contribution in [1.29, 1.82) is 0 Å². The molecule has 0 unspecified atom stereocenters. The van der Waals surface area contributed by atoms with E-state index in [0.717, 1.165) is 17.3 Å². The molecule has 0 aliphatic heterocycles. The zero-order valence-electron chi connectivity index (χ0n) is 14.5. The Balaban J connectivity index is 0.000000313. The summed E-state index contributed by atoms with van der Waals surface area (Å²) in [5, 5.41) is 3.94. The summed E-state index contributed by atoms with van der Waals surface area (Å²) in [6.45, 7) is 13.1. The molecule has 0 saturated heterocycles. The summed E-state index contributed by atoms with van der Waals surface area (Å²) in [5.74, 6) is 0. The molecule has 0 fully saturated rings. The molecule has 2 heteroatoms.